The Kier molecular flexibility index (Phi) is 6.88. The third-order valence-corrected chi connectivity index (χ3v) is 5.97. The third kappa shape index (κ3) is 5.67. The predicted molar refractivity (Wildman–Crippen MR) is 114 cm³/mol. The van der Waals surface area contributed by atoms with Crippen LogP contribution in [0.25, 0.3) is 0 Å². The van der Waals surface area contributed by atoms with E-state index < -0.39 is 5.82 Å². The van der Waals surface area contributed by atoms with Gasteiger partial charge in [0.05, 0.1) is 11.4 Å². The summed E-state index contributed by atoms with van der Waals surface area (Å²) in [6, 6.07) is 12.2. The van der Waals surface area contributed by atoms with Crippen LogP contribution in [-0.4, -0.2) is 21.9 Å². The van der Waals surface area contributed by atoms with Crippen LogP contribution in [0.3, 0.4) is 0 Å². The van der Waals surface area contributed by atoms with Gasteiger partial charge in [-0.3, -0.25) is 4.79 Å². The van der Waals surface area contributed by atoms with Gasteiger partial charge in [-0.05, 0) is 41.8 Å². The molecule has 0 fully saturated rings. The van der Waals surface area contributed by atoms with Crippen LogP contribution in [0.5, 0.6) is 0 Å². The van der Waals surface area contributed by atoms with Gasteiger partial charge in [0.25, 0.3) is 0 Å². The van der Waals surface area contributed by atoms with Crippen LogP contribution in [0.1, 0.15) is 25.3 Å². The Labute approximate surface area is 175 Å². The van der Waals surface area contributed by atoms with Crippen LogP contribution >= 0.6 is 34.7 Å². The Morgan fingerprint density at radius 3 is 2.64 bits per heavy atom. The number of hydrogen-bond acceptors (Lipinski definition) is 6. The molecule has 0 saturated heterocycles. The second-order valence-corrected chi connectivity index (χ2v) is 8.87. The van der Waals surface area contributed by atoms with Gasteiger partial charge in [0, 0.05) is 10.7 Å². The Balaban J connectivity index is 1.52. The molecule has 0 unspecified atom stereocenters. The minimum Gasteiger partial charge on any atom is -0.330 e. The molecule has 0 saturated carbocycles. The zero-order valence-electron chi connectivity index (χ0n) is 15.2. The van der Waals surface area contributed by atoms with Gasteiger partial charge in [-0.1, -0.05) is 60.7 Å². The number of anilines is 3. The van der Waals surface area contributed by atoms with Crippen molar-refractivity contribution in [2.75, 3.05) is 16.4 Å². The quantitative estimate of drug-likeness (QED) is 0.449. The minimum atomic E-state index is -0.572. The van der Waals surface area contributed by atoms with E-state index in [1.54, 1.807) is 0 Å². The highest BCUT2D eigenvalue weighted by Crippen LogP contribution is 2.28. The standard InChI is InChI=1S/C19H18ClFN4OS2/c1-11(2)12-3-6-14(7-4-12)22-18-24-25-19(28-18)27-10-17(26)23-16-8-5-13(20)9-15(16)21/h3-9,11H,10H2,1-2H3,(H,22,24)(H,23,26). The number of nitrogens with one attached hydrogen (secondary N) is 2. The first-order valence-corrected chi connectivity index (χ1v) is 10.7. The fourth-order valence-electron chi connectivity index (χ4n) is 2.30. The van der Waals surface area contributed by atoms with E-state index in [-0.39, 0.29) is 22.4 Å². The molecule has 1 aromatic heterocycles. The summed E-state index contributed by atoms with van der Waals surface area (Å²) < 4.78 is 14.4. The molecular weight excluding hydrogens is 419 g/mol. The molecule has 2 N–H and O–H groups in total. The largest absolute Gasteiger partial charge is 0.330 e. The second-order valence-electron chi connectivity index (χ2n) is 6.24. The molecular formula is C19H18ClFN4OS2. The summed E-state index contributed by atoms with van der Waals surface area (Å²) in [6.07, 6.45) is 0. The van der Waals surface area contributed by atoms with Crippen molar-refractivity contribution in [3.05, 3.63) is 58.9 Å². The predicted octanol–water partition coefficient (Wildman–Crippen LogP) is 5.93. The van der Waals surface area contributed by atoms with Crippen LogP contribution in [0, 0.1) is 5.82 Å². The normalized spacial score (nSPS) is 10.9. The van der Waals surface area contributed by atoms with E-state index in [9.17, 15) is 9.18 Å². The summed E-state index contributed by atoms with van der Waals surface area (Å²) in [4.78, 5) is 12.0. The van der Waals surface area contributed by atoms with E-state index in [0.29, 0.717) is 15.4 Å². The Morgan fingerprint density at radius 2 is 1.96 bits per heavy atom. The SMILES string of the molecule is CC(C)c1ccc(Nc2nnc(SCC(=O)Nc3ccc(Cl)cc3F)s2)cc1. The van der Waals surface area contributed by atoms with Crippen LogP contribution < -0.4 is 10.6 Å². The maximum Gasteiger partial charge on any atom is 0.234 e. The van der Waals surface area contributed by atoms with E-state index in [4.69, 9.17) is 11.6 Å². The van der Waals surface area contributed by atoms with Gasteiger partial charge in [-0.25, -0.2) is 4.39 Å². The lowest BCUT2D eigenvalue weighted by Crippen LogP contribution is -2.14. The number of carbonyl (C=O) groups excluding carboxylic acids is 1. The zero-order chi connectivity index (χ0) is 20.1. The van der Waals surface area contributed by atoms with E-state index in [0.717, 1.165) is 11.8 Å². The number of benzene rings is 2. The molecule has 0 aliphatic carbocycles. The van der Waals surface area contributed by atoms with E-state index in [2.05, 4.69) is 46.8 Å². The number of rotatable bonds is 7. The summed E-state index contributed by atoms with van der Waals surface area (Å²) in [7, 11) is 0. The van der Waals surface area contributed by atoms with Gasteiger partial charge in [-0.15, -0.1) is 10.2 Å². The molecule has 5 nitrogen and oxygen atoms in total. The fraction of sp³-hybridized carbons (Fsp3) is 0.211. The van der Waals surface area contributed by atoms with Crippen molar-refractivity contribution in [2.45, 2.75) is 24.1 Å². The second kappa shape index (κ2) is 9.36. The summed E-state index contributed by atoms with van der Waals surface area (Å²) in [5.74, 6) is -0.331. The van der Waals surface area contributed by atoms with Gasteiger partial charge in [0.15, 0.2) is 4.34 Å². The molecule has 3 rings (SSSR count). The number of nitrogens with zero attached hydrogens (tertiary/aromatic N) is 2. The first-order chi connectivity index (χ1) is 13.4. The van der Waals surface area contributed by atoms with Gasteiger partial charge < -0.3 is 10.6 Å². The highest BCUT2D eigenvalue weighted by Gasteiger charge is 2.11. The summed E-state index contributed by atoms with van der Waals surface area (Å²) in [6.45, 7) is 4.29. The number of halogens is 2. The Bertz CT molecular complexity index is 963. The average Bonchev–Trinajstić information content (AvgIpc) is 3.10. The topological polar surface area (TPSA) is 66.9 Å². The highest BCUT2D eigenvalue weighted by molar-refractivity contribution is 8.01. The van der Waals surface area contributed by atoms with Gasteiger partial charge in [0.2, 0.25) is 11.0 Å². The maximum absolute atomic E-state index is 13.7. The zero-order valence-corrected chi connectivity index (χ0v) is 17.6. The summed E-state index contributed by atoms with van der Waals surface area (Å²) in [5.41, 5.74) is 2.29. The molecule has 1 heterocycles. The van der Waals surface area contributed by atoms with Crippen LogP contribution in [-0.2, 0) is 4.79 Å². The van der Waals surface area contributed by atoms with E-state index >= 15 is 0 Å². The van der Waals surface area contributed by atoms with Gasteiger partial charge >= 0.3 is 0 Å². The molecule has 0 aliphatic rings. The van der Waals surface area contributed by atoms with E-state index in [1.807, 2.05) is 12.1 Å². The first kappa shape index (κ1) is 20.6. The molecule has 3 aromatic rings. The molecule has 0 radical (unpaired) electrons. The molecule has 146 valence electrons. The molecule has 9 heteroatoms. The first-order valence-electron chi connectivity index (χ1n) is 8.49. The Morgan fingerprint density at radius 1 is 1.21 bits per heavy atom. The number of hydrogen-bond donors (Lipinski definition) is 2. The van der Waals surface area contributed by atoms with Crippen molar-refractivity contribution in [3.63, 3.8) is 0 Å². The maximum atomic E-state index is 13.7. The van der Waals surface area contributed by atoms with Crippen molar-refractivity contribution in [2.24, 2.45) is 0 Å². The lowest BCUT2D eigenvalue weighted by Gasteiger charge is -2.07. The smallest absolute Gasteiger partial charge is 0.234 e. The summed E-state index contributed by atoms with van der Waals surface area (Å²) >= 11 is 8.29. The van der Waals surface area contributed by atoms with Crippen LogP contribution in [0.15, 0.2) is 46.8 Å². The van der Waals surface area contributed by atoms with Crippen molar-refractivity contribution in [3.8, 4) is 0 Å². The monoisotopic (exact) mass is 436 g/mol. The molecule has 0 aliphatic heterocycles. The number of thioether (sulfide) groups is 1. The Hall–Kier alpha value is -2.16. The third-order valence-electron chi connectivity index (χ3n) is 3.77. The van der Waals surface area contributed by atoms with Crippen LogP contribution in [0.2, 0.25) is 5.02 Å². The molecule has 0 spiro atoms. The number of amides is 1. The highest BCUT2D eigenvalue weighted by atomic mass is 35.5. The van der Waals surface area contributed by atoms with Gasteiger partial charge in [-0.2, -0.15) is 0 Å². The minimum absolute atomic E-state index is 0.0967. The molecule has 1 amide bonds. The van der Waals surface area contributed by atoms with Crippen molar-refractivity contribution < 1.29 is 9.18 Å². The lowest BCUT2D eigenvalue weighted by molar-refractivity contribution is -0.113. The fourth-order valence-corrected chi connectivity index (χ4v) is 4.03. The van der Waals surface area contributed by atoms with Crippen molar-refractivity contribution >= 4 is 57.1 Å². The summed E-state index contributed by atoms with van der Waals surface area (Å²) in [5, 5.41) is 14.8. The van der Waals surface area contributed by atoms with Crippen LogP contribution in [0.4, 0.5) is 20.9 Å². The van der Waals surface area contributed by atoms with Gasteiger partial charge in [0.1, 0.15) is 5.82 Å². The van der Waals surface area contributed by atoms with E-state index in [1.165, 1.54) is 40.8 Å². The average molecular weight is 437 g/mol. The van der Waals surface area contributed by atoms with Crippen molar-refractivity contribution in [1.29, 1.82) is 0 Å². The van der Waals surface area contributed by atoms with Crippen molar-refractivity contribution in [1.82, 2.24) is 10.2 Å². The molecule has 2 aromatic carbocycles. The number of aromatic nitrogens is 2. The molecule has 0 atom stereocenters. The molecule has 28 heavy (non-hydrogen) atoms. The molecule has 0 bridgehead atoms. The number of carbonyl (C=O) groups is 1. The lowest BCUT2D eigenvalue weighted by atomic mass is 10.0.